The molecule has 0 aromatic carbocycles. The molecule has 0 saturated carbocycles. The first-order valence-electron chi connectivity index (χ1n) is 26.3. The number of alkyl carbamates (subject to hydrolysis) is 2. The highest BCUT2D eigenvalue weighted by molar-refractivity contribution is 5.81. The molecule has 12 nitrogen and oxygen atoms in total. The van der Waals surface area contributed by atoms with E-state index in [-0.39, 0.29) is 31.9 Å². The minimum atomic E-state index is -0.734. The quantitative estimate of drug-likeness (QED) is 0.0308. The Morgan fingerprint density at radius 2 is 0.825 bits per heavy atom. The number of esters is 1. The Morgan fingerprint density at radius 1 is 0.413 bits per heavy atom. The van der Waals surface area contributed by atoms with Crippen LogP contribution in [0.1, 0.15) is 239 Å². The van der Waals surface area contributed by atoms with E-state index in [4.69, 9.17) is 23.7 Å². The minimum Gasteiger partial charge on any atom is -0.463 e. The van der Waals surface area contributed by atoms with Crippen LogP contribution in [0.15, 0.2) is 0 Å². The van der Waals surface area contributed by atoms with Crippen LogP contribution in [0.5, 0.6) is 0 Å². The molecule has 0 rings (SSSR count). The number of unbranched alkanes of at least 4 members (excludes halogenated alkanes) is 30. The van der Waals surface area contributed by atoms with Crippen LogP contribution in [-0.2, 0) is 33.3 Å². The van der Waals surface area contributed by atoms with Gasteiger partial charge < -0.3 is 39.6 Å². The third kappa shape index (κ3) is 48.7. The number of amides is 3. The van der Waals surface area contributed by atoms with Crippen molar-refractivity contribution in [1.29, 1.82) is 0 Å². The Balaban J connectivity index is 4.33. The summed E-state index contributed by atoms with van der Waals surface area (Å²) in [7, 11) is 1.61. The van der Waals surface area contributed by atoms with E-state index in [0.717, 1.165) is 38.5 Å². The zero-order valence-electron chi connectivity index (χ0n) is 41.2. The summed E-state index contributed by atoms with van der Waals surface area (Å²) in [4.78, 5) is 49.8. The lowest BCUT2D eigenvalue weighted by Crippen LogP contribution is -2.47. The molecule has 0 aliphatic heterocycles. The maximum absolute atomic E-state index is 12.7. The molecule has 1 atom stereocenters. The van der Waals surface area contributed by atoms with Crippen molar-refractivity contribution in [1.82, 2.24) is 16.0 Å². The number of ether oxygens (including phenoxy) is 5. The second-order valence-corrected chi connectivity index (χ2v) is 17.6. The van der Waals surface area contributed by atoms with Crippen LogP contribution >= 0.6 is 0 Å². The summed E-state index contributed by atoms with van der Waals surface area (Å²) < 4.78 is 26.5. The van der Waals surface area contributed by atoms with E-state index in [1.165, 1.54) is 167 Å². The first-order chi connectivity index (χ1) is 30.9. The normalized spacial score (nSPS) is 11.6. The van der Waals surface area contributed by atoms with Crippen molar-refractivity contribution in [2.24, 2.45) is 0 Å². The van der Waals surface area contributed by atoms with Gasteiger partial charge in [0.2, 0.25) is 5.91 Å². The van der Waals surface area contributed by atoms with Crippen LogP contribution in [0.4, 0.5) is 9.59 Å². The van der Waals surface area contributed by atoms with Crippen molar-refractivity contribution in [2.75, 3.05) is 59.8 Å². The largest absolute Gasteiger partial charge is 0.463 e. The predicted molar refractivity (Wildman–Crippen MR) is 257 cm³/mol. The number of rotatable bonds is 49. The number of methoxy groups -OCH3 is 1. The molecule has 63 heavy (non-hydrogen) atoms. The van der Waals surface area contributed by atoms with Crippen molar-refractivity contribution in [3.63, 3.8) is 0 Å². The molecule has 0 aromatic rings. The summed E-state index contributed by atoms with van der Waals surface area (Å²) in [6.45, 7) is 6.91. The molecule has 372 valence electrons. The summed E-state index contributed by atoms with van der Waals surface area (Å²) in [5.74, 6) is -0.836. The smallest absolute Gasteiger partial charge is 0.407 e. The Bertz CT molecular complexity index is 1020. The van der Waals surface area contributed by atoms with Gasteiger partial charge in [-0.3, -0.25) is 9.59 Å². The summed E-state index contributed by atoms with van der Waals surface area (Å²) in [6.07, 6.45) is 40.0. The molecule has 12 heteroatoms. The van der Waals surface area contributed by atoms with Crippen LogP contribution in [-0.4, -0.2) is 89.9 Å². The average Bonchev–Trinajstić information content (AvgIpc) is 3.28. The van der Waals surface area contributed by atoms with Crippen molar-refractivity contribution in [3.05, 3.63) is 0 Å². The maximum atomic E-state index is 12.7. The second-order valence-electron chi connectivity index (χ2n) is 17.6. The second kappa shape index (κ2) is 50.4. The van der Waals surface area contributed by atoms with E-state index in [9.17, 15) is 19.2 Å². The molecule has 0 fully saturated rings. The van der Waals surface area contributed by atoms with E-state index >= 15 is 0 Å². The molecule has 0 aliphatic carbocycles. The first kappa shape index (κ1) is 60.4. The molecule has 0 spiro atoms. The molecule has 1 unspecified atom stereocenters. The van der Waals surface area contributed by atoms with Gasteiger partial charge in [-0.1, -0.05) is 206 Å². The topological polar surface area (TPSA) is 151 Å². The lowest BCUT2D eigenvalue weighted by molar-refractivity contribution is -0.145. The molecule has 0 saturated heterocycles. The third-order valence-electron chi connectivity index (χ3n) is 11.5. The van der Waals surface area contributed by atoms with Gasteiger partial charge in [0.05, 0.1) is 38.9 Å². The standard InChI is InChI=1S/C51H99N3O9/c1-4-6-8-10-12-14-16-18-20-22-24-26-28-30-32-34-41-61-50(57)53-45-47(46-63-49(56)38-37-48(55)52-39-36-40-60-44-43-59-3)54-51(58)62-42-35-33-31-29-27-25-23-21-19-17-15-13-11-9-7-5-2/h47H,4-46H2,1-3H3,(H,52,55)(H,53,57)(H,54,58). The number of carbonyl (C=O) groups excluding carboxylic acids is 4. The van der Waals surface area contributed by atoms with Crippen molar-refractivity contribution < 1.29 is 42.9 Å². The SMILES string of the molecule is CCCCCCCCCCCCCCCCCCOC(=O)NCC(COC(=O)CCC(=O)NCCCOCCOC)NC(=O)OCCCCCCCCCCCCCCCCCC. The van der Waals surface area contributed by atoms with Gasteiger partial charge in [0, 0.05) is 33.2 Å². The maximum Gasteiger partial charge on any atom is 0.407 e. The van der Waals surface area contributed by atoms with E-state index < -0.39 is 24.2 Å². The van der Waals surface area contributed by atoms with E-state index in [1.807, 2.05) is 0 Å². The van der Waals surface area contributed by atoms with Gasteiger partial charge in [-0.2, -0.15) is 0 Å². The van der Waals surface area contributed by atoms with Gasteiger partial charge in [-0.25, -0.2) is 9.59 Å². The van der Waals surface area contributed by atoms with E-state index in [0.29, 0.717) is 46.0 Å². The van der Waals surface area contributed by atoms with E-state index in [2.05, 4.69) is 29.8 Å². The highest BCUT2D eigenvalue weighted by Gasteiger charge is 2.18. The summed E-state index contributed by atoms with van der Waals surface area (Å²) in [5, 5.41) is 8.17. The van der Waals surface area contributed by atoms with Crippen LogP contribution < -0.4 is 16.0 Å². The average molecular weight is 898 g/mol. The molecular weight excluding hydrogens is 799 g/mol. The zero-order valence-corrected chi connectivity index (χ0v) is 41.2. The number of nitrogens with one attached hydrogen (secondary N) is 3. The Hall–Kier alpha value is -2.60. The fourth-order valence-electron chi connectivity index (χ4n) is 7.46. The number of hydrogen-bond donors (Lipinski definition) is 3. The van der Waals surface area contributed by atoms with Gasteiger partial charge in [-0.15, -0.1) is 0 Å². The van der Waals surface area contributed by atoms with Crippen LogP contribution in [0.25, 0.3) is 0 Å². The van der Waals surface area contributed by atoms with Gasteiger partial charge in [-0.05, 0) is 19.3 Å². The predicted octanol–water partition coefficient (Wildman–Crippen LogP) is 12.8. The third-order valence-corrected chi connectivity index (χ3v) is 11.5. The molecule has 0 radical (unpaired) electrons. The van der Waals surface area contributed by atoms with Gasteiger partial charge >= 0.3 is 18.2 Å². The molecular formula is C51H99N3O9. The fraction of sp³-hybridized carbons (Fsp3) is 0.922. The molecule has 0 aliphatic rings. The molecule has 3 N–H and O–H groups in total. The monoisotopic (exact) mass is 898 g/mol. The van der Waals surface area contributed by atoms with Crippen molar-refractivity contribution >= 4 is 24.1 Å². The van der Waals surface area contributed by atoms with Gasteiger partial charge in [0.15, 0.2) is 0 Å². The van der Waals surface area contributed by atoms with Crippen LogP contribution in [0.3, 0.4) is 0 Å². The van der Waals surface area contributed by atoms with Crippen LogP contribution in [0.2, 0.25) is 0 Å². The molecule has 0 bridgehead atoms. The van der Waals surface area contributed by atoms with Gasteiger partial charge in [0.25, 0.3) is 0 Å². The summed E-state index contributed by atoms with van der Waals surface area (Å²) in [5.41, 5.74) is 0. The fourth-order valence-corrected chi connectivity index (χ4v) is 7.46. The Morgan fingerprint density at radius 3 is 1.25 bits per heavy atom. The Labute approximate surface area is 386 Å². The van der Waals surface area contributed by atoms with Crippen molar-refractivity contribution in [3.8, 4) is 0 Å². The lowest BCUT2D eigenvalue weighted by atomic mass is 10.0. The summed E-state index contributed by atoms with van der Waals surface area (Å²) >= 11 is 0. The highest BCUT2D eigenvalue weighted by atomic mass is 16.6. The van der Waals surface area contributed by atoms with Crippen molar-refractivity contribution in [2.45, 2.75) is 245 Å². The minimum absolute atomic E-state index is 0.00778. The van der Waals surface area contributed by atoms with Crippen LogP contribution in [0, 0.1) is 0 Å². The highest BCUT2D eigenvalue weighted by Crippen LogP contribution is 2.15. The zero-order chi connectivity index (χ0) is 45.9. The van der Waals surface area contributed by atoms with Gasteiger partial charge in [0.1, 0.15) is 6.61 Å². The lowest BCUT2D eigenvalue weighted by Gasteiger charge is -2.19. The molecule has 3 amide bonds. The summed E-state index contributed by atoms with van der Waals surface area (Å²) in [6, 6.07) is -0.734. The van der Waals surface area contributed by atoms with E-state index in [1.54, 1.807) is 7.11 Å². The number of hydrogen-bond acceptors (Lipinski definition) is 9. The molecule has 0 heterocycles. The Kier molecular flexibility index (Phi) is 48.3. The molecule has 0 aromatic heterocycles. The first-order valence-corrected chi connectivity index (χ1v) is 26.3. The number of carbonyl (C=O) groups is 4.